The van der Waals surface area contributed by atoms with Crippen molar-refractivity contribution < 1.29 is 9.90 Å². The summed E-state index contributed by atoms with van der Waals surface area (Å²) in [5.41, 5.74) is 4.30. The molecule has 1 unspecified atom stereocenters. The summed E-state index contributed by atoms with van der Waals surface area (Å²) < 4.78 is 0. The Morgan fingerprint density at radius 1 is 1.55 bits per heavy atom. The van der Waals surface area contributed by atoms with E-state index in [1.807, 2.05) is 0 Å². The Morgan fingerprint density at radius 2 is 1.91 bits per heavy atom. The highest BCUT2D eigenvalue weighted by atomic mass is 16.3. The van der Waals surface area contributed by atoms with Gasteiger partial charge in [-0.3, -0.25) is 4.79 Å². The molecule has 0 bridgehead atoms. The molecule has 0 rings (SSSR count). The number of hydrogen-bond acceptors (Lipinski definition) is 3. The van der Waals surface area contributed by atoms with Gasteiger partial charge in [0.1, 0.15) is 6.04 Å². The summed E-state index contributed by atoms with van der Waals surface area (Å²) in [6.45, 7) is 3.03. The fourth-order valence-corrected chi connectivity index (χ4v) is 0.580. The zero-order valence-electron chi connectivity index (χ0n) is 7.46. The van der Waals surface area contributed by atoms with E-state index in [1.54, 1.807) is 14.1 Å². The number of amides is 1. The average molecular weight is 160 g/mol. The first-order valence-corrected chi connectivity index (χ1v) is 3.46. The Labute approximate surface area is 67.0 Å². The molecule has 66 valence electrons. The number of carbonyl (C=O) groups is 1. The van der Waals surface area contributed by atoms with Crippen LogP contribution in [-0.4, -0.2) is 41.7 Å². The van der Waals surface area contributed by atoms with Crippen molar-refractivity contribution in [2.45, 2.75) is 25.5 Å². The molecule has 1 amide bonds. The maximum atomic E-state index is 11.1. The van der Waals surface area contributed by atoms with Gasteiger partial charge in [0.25, 0.3) is 0 Å². The molecular formula is C7H16N2O2. The van der Waals surface area contributed by atoms with Crippen LogP contribution in [0.5, 0.6) is 0 Å². The van der Waals surface area contributed by atoms with Gasteiger partial charge in [0, 0.05) is 14.1 Å². The third kappa shape index (κ3) is 2.86. The summed E-state index contributed by atoms with van der Waals surface area (Å²) in [5, 5.41) is 9.33. The molecule has 4 nitrogen and oxygen atoms in total. The van der Waals surface area contributed by atoms with Gasteiger partial charge in [0.15, 0.2) is 0 Å². The molecule has 0 spiro atoms. The first kappa shape index (κ1) is 10.4. The molecule has 0 aromatic heterocycles. The summed E-state index contributed by atoms with van der Waals surface area (Å²) >= 11 is 0. The average Bonchev–Trinajstić information content (AvgIpc) is 1.82. The van der Waals surface area contributed by atoms with Crippen molar-refractivity contribution in [2.24, 2.45) is 5.73 Å². The quantitative estimate of drug-likeness (QED) is 0.554. The van der Waals surface area contributed by atoms with E-state index in [9.17, 15) is 9.90 Å². The summed E-state index contributed by atoms with van der Waals surface area (Å²) in [7, 11) is 3.21. The van der Waals surface area contributed by atoms with Gasteiger partial charge in [-0.1, -0.05) is 0 Å². The zero-order valence-corrected chi connectivity index (χ0v) is 7.46. The molecule has 0 saturated heterocycles. The van der Waals surface area contributed by atoms with Gasteiger partial charge in [-0.25, -0.2) is 0 Å². The van der Waals surface area contributed by atoms with Crippen molar-refractivity contribution in [2.75, 3.05) is 14.1 Å². The molecular weight excluding hydrogens is 144 g/mol. The van der Waals surface area contributed by atoms with Gasteiger partial charge in [-0.15, -0.1) is 0 Å². The van der Waals surface area contributed by atoms with E-state index < -0.39 is 11.6 Å². The number of hydrogen-bond donors (Lipinski definition) is 2. The van der Waals surface area contributed by atoms with E-state index in [1.165, 1.54) is 18.7 Å². The van der Waals surface area contributed by atoms with Crippen LogP contribution < -0.4 is 5.73 Å². The predicted molar refractivity (Wildman–Crippen MR) is 43.0 cm³/mol. The lowest BCUT2D eigenvalue weighted by molar-refractivity contribution is -0.135. The van der Waals surface area contributed by atoms with Crippen molar-refractivity contribution in [3.63, 3.8) is 0 Å². The summed E-state index contributed by atoms with van der Waals surface area (Å²) in [6, 6.07) is -0.850. The SMILES string of the molecule is CN(C)C(=O)C(N)C(C)(C)O. The largest absolute Gasteiger partial charge is 0.388 e. The number of nitrogens with two attached hydrogens (primary N) is 1. The third-order valence-electron chi connectivity index (χ3n) is 1.47. The first-order chi connectivity index (χ1) is 4.76. The topological polar surface area (TPSA) is 66.6 Å². The Kier molecular flexibility index (Phi) is 3.02. The highest BCUT2D eigenvalue weighted by Crippen LogP contribution is 2.07. The lowest BCUT2D eigenvalue weighted by Gasteiger charge is -2.26. The fourth-order valence-electron chi connectivity index (χ4n) is 0.580. The Morgan fingerprint density at radius 3 is 2.00 bits per heavy atom. The van der Waals surface area contributed by atoms with Crippen LogP contribution in [0.1, 0.15) is 13.8 Å². The molecule has 0 aromatic rings. The minimum absolute atomic E-state index is 0.266. The second-order valence-electron chi connectivity index (χ2n) is 3.36. The van der Waals surface area contributed by atoms with Crippen molar-refractivity contribution >= 4 is 5.91 Å². The van der Waals surface area contributed by atoms with E-state index in [0.29, 0.717) is 0 Å². The van der Waals surface area contributed by atoms with Crippen molar-refractivity contribution in [3.8, 4) is 0 Å². The second kappa shape index (κ2) is 3.19. The molecule has 0 radical (unpaired) electrons. The molecule has 4 heteroatoms. The van der Waals surface area contributed by atoms with Crippen LogP contribution in [-0.2, 0) is 4.79 Å². The van der Waals surface area contributed by atoms with Crippen LogP contribution in [0.25, 0.3) is 0 Å². The maximum Gasteiger partial charge on any atom is 0.241 e. The van der Waals surface area contributed by atoms with E-state index in [-0.39, 0.29) is 5.91 Å². The Balaban J connectivity index is 4.26. The normalized spacial score (nSPS) is 14.4. The van der Waals surface area contributed by atoms with Crippen LogP contribution in [0, 0.1) is 0 Å². The molecule has 11 heavy (non-hydrogen) atoms. The Bertz CT molecular complexity index is 149. The molecule has 0 heterocycles. The number of aliphatic hydroxyl groups is 1. The van der Waals surface area contributed by atoms with Crippen LogP contribution >= 0.6 is 0 Å². The van der Waals surface area contributed by atoms with Gasteiger partial charge < -0.3 is 15.7 Å². The lowest BCUT2D eigenvalue weighted by atomic mass is 9.99. The van der Waals surface area contributed by atoms with Gasteiger partial charge in [0.05, 0.1) is 5.60 Å². The number of rotatable bonds is 2. The molecule has 3 N–H and O–H groups in total. The molecule has 0 aliphatic carbocycles. The van der Waals surface area contributed by atoms with Gasteiger partial charge in [0.2, 0.25) is 5.91 Å². The van der Waals surface area contributed by atoms with E-state index >= 15 is 0 Å². The third-order valence-corrected chi connectivity index (χ3v) is 1.47. The molecule has 1 atom stereocenters. The monoisotopic (exact) mass is 160 g/mol. The number of carbonyl (C=O) groups excluding carboxylic acids is 1. The minimum atomic E-state index is -1.15. The summed E-state index contributed by atoms with van der Waals surface area (Å²) in [5.74, 6) is -0.266. The zero-order chi connectivity index (χ0) is 9.23. The van der Waals surface area contributed by atoms with E-state index in [0.717, 1.165) is 0 Å². The maximum absolute atomic E-state index is 11.1. The minimum Gasteiger partial charge on any atom is -0.388 e. The highest BCUT2D eigenvalue weighted by Gasteiger charge is 2.30. The van der Waals surface area contributed by atoms with Gasteiger partial charge in [-0.2, -0.15) is 0 Å². The van der Waals surface area contributed by atoms with Crippen molar-refractivity contribution in [3.05, 3.63) is 0 Å². The van der Waals surface area contributed by atoms with Gasteiger partial charge in [-0.05, 0) is 13.8 Å². The predicted octanol–water partition coefficient (Wildman–Crippen LogP) is -0.827. The van der Waals surface area contributed by atoms with E-state index in [2.05, 4.69) is 0 Å². The molecule has 0 aliphatic rings. The fraction of sp³-hybridized carbons (Fsp3) is 0.857. The van der Waals surface area contributed by atoms with E-state index in [4.69, 9.17) is 5.73 Å². The molecule has 0 fully saturated rings. The molecule has 0 aromatic carbocycles. The van der Waals surface area contributed by atoms with Crippen molar-refractivity contribution in [1.29, 1.82) is 0 Å². The summed E-state index contributed by atoms with van der Waals surface area (Å²) in [6.07, 6.45) is 0. The van der Waals surface area contributed by atoms with Crippen molar-refractivity contribution in [1.82, 2.24) is 4.90 Å². The van der Waals surface area contributed by atoms with Crippen LogP contribution in [0.3, 0.4) is 0 Å². The second-order valence-corrected chi connectivity index (χ2v) is 3.36. The highest BCUT2D eigenvalue weighted by molar-refractivity contribution is 5.82. The number of likely N-dealkylation sites (N-methyl/N-ethyl adjacent to an activating group) is 1. The molecule has 0 saturated carbocycles. The number of nitrogens with zero attached hydrogens (tertiary/aromatic N) is 1. The van der Waals surface area contributed by atoms with Crippen LogP contribution in [0.15, 0.2) is 0 Å². The van der Waals surface area contributed by atoms with Crippen LogP contribution in [0.2, 0.25) is 0 Å². The van der Waals surface area contributed by atoms with Gasteiger partial charge >= 0.3 is 0 Å². The van der Waals surface area contributed by atoms with Crippen LogP contribution in [0.4, 0.5) is 0 Å². The standard InChI is InChI=1S/C7H16N2O2/c1-7(2,11)5(8)6(10)9(3)4/h5,11H,8H2,1-4H3. The summed E-state index contributed by atoms with van der Waals surface area (Å²) in [4.78, 5) is 12.5. The lowest BCUT2D eigenvalue weighted by Crippen LogP contribution is -2.53. The molecule has 0 aliphatic heterocycles. The Hall–Kier alpha value is -0.610. The smallest absolute Gasteiger partial charge is 0.241 e. The first-order valence-electron chi connectivity index (χ1n) is 3.46.